The van der Waals surface area contributed by atoms with Crippen LogP contribution in [0.15, 0.2) is 24.3 Å². The first-order valence-corrected chi connectivity index (χ1v) is 6.79. The van der Waals surface area contributed by atoms with E-state index >= 15 is 0 Å². The number of amides is 2. The average molecular weight is 275 g/mol. The van der Waals surface area contributed by atoms with E-state index < -0.39 is 0 Å². The van der Waals surface area contributed by atoms with Gasteiger partial charge in [-0.3, -0.25) is 14.5 Å². The number of imide groups is 1. The Morgan fingerprint density at radius 3 is 2.50 bits per heavy atom. The fourth-order valence-electron chi connectivity index (χ4n) is 2.26. The molecular formula is C15H21N3O2. The lowest BCUT2D eigenvalue weighted by molar-refractivity contribution is -0.148. The van der Waals surface area contributed by atoms with Crippen LogP contribution in [0.1, 0.15) is 18.4 Å². The third-order valence-electron chi connectivity index (χ3n) is 3.65. The summed E-state index contributed by atoms with van der Waals surface area (Å²) in [4.78, 5) is 26.6. The summed E-state index contributed by atoms with van der Waals surface area (Å²) in [5.74, 6) is -0.227. The number of benzene rings is 1. The molecule has 1 aliphatic rings. The second kappa shape index (κ2) is 6.05. The molecule has 1 atom stereocenters. The molecule has 1 aromatic rings. The van der Waals surface area contributed by atoms with Gasteiger partial charge in [0.2, 0.25) is 11.8 Å². The lowest BCUT2D eigenvalue weighted by atomic mass is 10.0. The number of likely N-dealkylation sites (tertiary alicyclic amines) is 1. The SMILES string of the molecule is CN1C(=O)CCC(NCc2ccc(N(C)C)cc2)C1=O. The Labute approximate surface area is 119 Å². The molecule has 0 bridgehead atoms. The molecule has 0 aromatic heterocycles. The van der Waals surface area contributed by atoms with Crippen molar-refractivity contribution < 1.29 is 9.59 Å². The van der Waals surface area contributed by atoms with Crippen LogP contribution in [0.5, 0.6) is 0 Å². The van der Waals surface area contributed by atoms with Gasteiger partial charge in [-0.15, -0.1) is 0 Å². The highest BCUT2D eigenvalue weighted by atomic mass is 16.2. The number of carbonyl (C=O) groups is 2. The van der Waals surface area contributed by atoms with Crippen LogP contribution in [0.3, 0.4) is 0 Å². The fraction of sp³-hybridized carbons (Fsp3) is 0.467. The van der Waals surface area contributed by atoms with Gasteiger partial charge in [0, 0.05) is 39.8 Å². The summed E-state index contributed by atoms with van der Waals surface area (Å²) in [7, 11) is 5.55. The van der Waals surface area contributed by atoms with E-state index in [4.69, 9.17) is 0 Å². The minimum atomic E-state index is -0.258. The van der Waals surface area contributed by atoms with Gasteiger partial charge >= 0.3 is 0 Å². The molecule has 1 aliphatic heterocycles. The summed E-state index contributed by atoms with van der Waals surface area (Å²) in [6.07, 6.45) is 1.01. The van der Waals surface area contributed by atoms with Gasteiger partial charge in [0.1, 0.15) is 0 Å². The molecule has 1 unspecified atom stereocenters. The summed E-state index contributed by atoms with van der Waals surface area (Å²) < 4.78 is 0. The van der Waals surface area contributed by atoms with Crippen molar-refractivity contribution in [3.63, 3.8) is 0 Å². The lowest BCUT2D eigenvalue weighted by Gasteiger charge is -2.28. The maximum atomic E-state index is 11.9. The summed E-state index contributed by atoms with van der Waals surface area (Å²) >= 11 is 0. The van der Waals surface area contributed by atoms with Crippen molar-refractivity contribution in [1.82, 2.24) is 10.2 Å². The maximum absolute atomic E-state index is 11.9. The van der Waals surface area contributed by atoms with Crippen LogP contribution < -0.4 is 10.2 Å². The molecule has 0 spiro atoms. The summed E-state index contributed by atoms with van der Waals surface area (Å²) in [6, 6.07) is 7.94. The Hall–Kier alpha value is -1.88. The van der Waals surface area contributed by atoms with E-state index in [9.17, 15) is 9.59 Å². The van der Waals surface area contributed by atoms with Crippen molar-refractivity contribution >= 4 is 17.5 Å². The first kappa shape index (κ1) is 14.5. The van der Waals surface area contributed by atoms with Crippen LogP contribution in [0, 0.1) is 0 Å². The van der Waals surface area contributed by atoms with Gasteiger partial charge in [0.05, 0.1) is 6.04 Å². The molecule has 0 aliphatic carbocycles. The third kappa shape index (κ3) is 3.17. The molecule has 108 valence electrons. The van der Waals surface area contributed by atoms with Crippen LogP contribution in [0.2, 0.25) is 0 Å². The minimum Gasteiger partial charge on any atom is -0.378 e. The Bertz CT molecular complexity index is 496. The maximum Gasteiger partial charge on any atom is 0.246 e. The highest BCUT2D eigenvalue weighted by Crippen LogP contribution is 2.14. The van der Waals surface area contributed by atoms with Gasteiger partial charge in [0.15, 0.2) is 0 Å². The summed E-state index contributed by atoms with van der Waals surface area (Å²) in [6.45, 7) is 0.631. The van der Waals surface area contributed by atoms with Crippen molar-refractivity contribution in [3.05, 3.63) is 29.8 Å². The molecule has 5 nitrogen and oxygen atoms in total. The van der Waals surface area contributed by atoms with E-state index in [1.807, 2.05) is 31.1 Å². The molecule has 2 rings (SSSR count). The van der Waals surface area contributed by atoms with Crippen LogP contribution in [-0.4, -0.2) is 43.9 Å². The first-order chi connectivity index (χ1) is 9.49. The number of anilines is 1. The second-order valence-electron chi connectivity index (χ2n) is 5.32. The molecule has 2 amide bonds. The van der Waals surface area contributed by atoms with Crippen molar-refractivity contribution in [2.75, 3.05) is 26.0 Å². The quantitative estimate of drug-likeness (QED) is 0.833. The third-order valence-corrected chi connectivity index (χ3v) is 3.65. The molecule has 1 aromatic carbocycles. The molecule has 1 saturated heterocycles. The largest absolute Gasteiger partial charge is 0.378 e. The summed E-state index contributed by atoms with van der Waals surface area (Å²) in [5, 5.41) is 3.23. The number of rotatable bonds is 4. The topological polar surface area (TPSA) is 52.7 Å². The monoisotopic (exact) mass is 275 g/mol. The van der Waals surface area contributed by atoms with Gasteiger partial charge < -0.3 is 10.2 Å². The van der Waals surface area contributed by atoms with Gasteiger partial charge in [-0.1, -0.05) is 12.1 Å². The van der Waals surface area contributed by atoms with E-state index in [0.29, 0.717) is 19.4 Å². The average Bonchev–Trinajstić information content (AvgIpc) is 2.44. The predicted octanol–water partition coefficient (Wildman–Crippen LogP) is 0.990. The van der Waals surface area contributed by atoms with Crippen molar-refractivity contribution in [1.29, 1.82) is 0 Å². The molecule has 20 heavy (non-hydrogen) atoms. The number of nitrogens with zero attached hydrogens (tertiary/aromatic N) is 2. The van der Waals surface area contributed by atoms with Crippen LogP contribution in [0.25, 0.3) is 0 Å². The summed E-state index contributed by atoms with van der Waals surface area (Å²) in [5.41, 5.74) is 2.27. The number of nitrogens with one attached hydrogen (secondary N) is 1. The van der Waals surface area contributed by atoms with E-state index in [1.54, 1.807) is 7.05 Å². The van der Waals surface area contributed by atoms with Crippen molar-refractivity contribution in [2.45, 2.75) is 25.4 Å². The molecule has 0 radical (unpaired) electrons. The number of hydrogen-bond donors (Lipinski definition) is 1. The molecule has 5 heteroatoms. The Balaban J connectivity index is 1.92. The first-order valence-electron chi connectivity index (χ1n) is 6.79. The molecule has 1 fully saturated rings. The lowest BCUT2D eigenvalue weighted by Crippen LogP contribution is -2.51. The fourth-order valence-corrected chi connectivity index (χ4v) is 2.26. The van der Waals surface area contributed by atoms with Gasteiger partial charge in [0.25, 0.3) is 0 Å². The zero-order valence-electron chi connectivity index (χ0n) is 12.2. The molecule has 1 N–H and O–H groups in total. The number of piperidine rings is 1. The normalized spacial score (nSPS) is 19.4. The molecular weight excluding hydrogens is 254 g/mol. The second-order valence-corrected chi connectivity index (χ2v) is 5.32. The zero-order valence-corrected chi connectivity index (χ0v) is 12.2. The van der Waals surface area contributed by atoms with Crippen LogP contribution in [-0.2, 0) is 16.1 Å². The van der Waals surface area contributed by atoms with Gasteiger partial charge in [-0.25, -0.2) is 0 Å². The van der Waals surface area contributed by atoms with Crippen molar-refractivity contribution in [3.8, 4) is 0 Å². The van der Waals surface area contributed by atoms with E-state index in [2.05, 4.69) is 17.4 Å². The Morgan fingerprint density at radius 1 is 1.25 bits per heavy atom. The number of carbonyl (C=O) groups excluding carboxylic acids is 2. The van der Waals surface area contributed by atoms with Crippen molar-refractivity contribution in [2.24, 2.45) is 0 Å². The zero-order chi connectivity index (χ0) is 14.7. The minimum absolute atomic E-state index is 0.0941. The predicted molar refractivity (Wildman–Crippen MR) is 78.4 cm³/mol. The smallest absolute Gasteiger partial charge is 0.246 e. The van der Waals surface area contributed by atoms with Crippen LogP contribution >= 0.6 is 0 Å². The Morgan fingerprint density at radius 2 is 1.90 bits per heavy atom. The van der Waals surface area contributed by atoms with Gasteiger partial charge in [-0.05, 0) is 24.1 Å². The van der Waals surface area contributed by atoms with Crippen LogP contribution in [0.4, 0.5) is 5.69 Å². The molecule has 0 saturated carbocycles. The van der Waals surface area contributed by atoms with Gasteiger partial charge in [-0.2, -0.15) is 0 Å². The highest BCUT2D eigenvalue weighted by molar-refractivity contribution is 6.00. The Kier molecular flexibility index (Phi) is 4.39. The number of hydrogen-bond acceptors (Lipinski definition) is 4. The highest BCUT2D eigenvalue weighted by Gasteiger charge is 2.31. The van der Waals surface area contributed by atoms with E-state index in [0.717, 1.165) is 11.3 Å². The molecule has 1 heterocycles. The standard InChI is InChI=1S/C15H21N3O2/c1-17(2)12-6-4-11(5-7-12)10-16-13-8-9-14(19)18(3)15(13)20/h4-7,13,16H,8-10H2,1-3H3. The van der Waals surface area contributed by atoms with E-state index in [1.165, 1.54) is 4.90 Å². The van der Waals surface area contributed by atoms with E-state index in [-0.39, 0.29) is 17.9 Å². The number of likely N-dealkylation sites (N-methyl/N-ethyl adjacent to an activating group) is 1.